The molecule has 2 aliphatic rings. The lowest BCUT2D eigenvalue weighted by atomic mass is 9.87. The number of benzene rings is 1. The number of morpholine rings is 1. The Balaban J connectivity index is 1.69. The van der Waals surface area contributed by atoms with Gasteiger partial charge in [-0.2, -0.15) is 0 Å². The van der Waals surface area contributed by atoms with E-state index in [4.69, 9.17) is 4.74 Å². The maximum atomic E-state index is 13.3. The van der Waals surface area contributed by atoms with Crippen LogP contribution >= 0.6 is 0 Å². The molecule has 28 heavy (non-hydrogen) atoms. The molecule has 154 valence electrons. The van der Waals surface area contributed by atoms with E-state index in [2.05, 4.69) is 13.8 Å². The Kier molecular flexibility index (Phi) is 7.05. The molecule has 2 heterocycles. The first-order valence-electron chi connectivity index (χ1n) is 10.4. The minimum absolute atomic E-state index is 0.0269. The standard InChI is InChI=1S/C22H31FN2O3/c1-16(2)14-18(17-5-7-19(23)8-6-17)15-21(26)25-9-3-4-20(25)22(27)24-10-12-28-13-11-24/h5-8,16,18,20H,3-4,9-15H2,1-2H3/t18?,20-/m0/s1. The molecule has 3 rings (SSSR count). The molecule has 0 aliphatic carbocycles. The summed E-state index contributed by atoms with van der Waals surface area (Å²) in [5.74, 6) is 0.268. The second kappa shape index (κ2) is 9.50. The van der Waals surface area contributed by atoms with E-state index in [9.17, 15) is 14.0 Å². The van der Waals surface area contributed by atoms with Crippen molar-refractivity contribution in [1.82, 2.24) is 9.80 Å². The molecule has 5 nitrogen and oxygen atoms in total. The third-order valence-corrected chi connectivity index (χ3v) is 5.70. The predicted molar refractivity (Wildman–Crippen MR) is 105 cm³/mol. The first kappa shape index (κ1) is 20.8. The Bertz CT molecular complexity index is 671. The van der Waals surface area contributed by atoms with Crippen LogP contribution in [0.3, 0.4) is 0 Å². The van der Waals surface area contributed by atoms with Crippen LogP contribution in [0, 0.1) is 11.7 Å². The number of amides is 2. The zero-order chi connectivity index (χ0) is 20.1. The van der Waals surface area contributed by atoms with Crippen molar-refractivity contribution < 1.29 is 18.7 Å². The van der Waals surface area contributed by atoms with Crippen LogP contribution in [0.25, 0.3) is 0 Å². The van der Waals surface area contributed by atoms with Crippen molar-refractivity contribution in [2.75, 3.05) is 32.8 Å². The normalized spacial score (nSPS) is 21.2. The fourth-order valence-electron chi connectivity index (χ4n) is 4.29. The topological polar surface area (TPSA) is 49.9 Å². The Labute approximate surface area is 166 Å². The largest absolute Gasteiger partial charge is 0.378 e. The van der Waals surface area contributed by atoms with E-state index < -0.39 is 0 Å². The summed E-state index contributed by atoms with van der Waals surface area (Å²) in [6.07, 6.45) is 2.80. The minimum atomic E-state index is -0.349. The van der Waals surface area contributed by atoms with Crippen molar-refractivity contribution in [3.05, 3.63) is 35.6 Å². The summed E-state index contributed by atoms with van der Waals surface area (Å²) >= 11 is 0. The highest BCUT2D eigenvalue weighted by Crippen LogP contribution is 2.30. The van der Waals surface area contributed by atoms with E-state index in [0.717, 1.165) is 24.8 Å². The molecule has 2 fully saturated rings. The van der Waals surface area contributed by atoms with Crippen LogP contribution in [-0.4, -0.2) is 60.5 Å². The molecule has 1 aromatic carbocycles. The van der Waals surface area contributed by atoms with Crippen LogP contribution in [-0.2, 0) is 14.3 Å². The highest BCUT2D eigenvalue weighted by molar-refractivity contribution is 5.88. The second-order valence-corrected chi connectivity index (χ2v) is 8.26. The fourth-order valence-corrected chi connectivity index (χ4v) is 4.29. The van der Waals surface area contributed by atoms with Gasteiger partial charge in [0.2, 0.25) is 11.8 Å². The van der Waals surface area contributed by atoms with Crippen molar-refractivity contribution in [2.24, 2.45) is 5.92 Å². The zero-order valence-corrected chi connectivity index (χ0v) is 16.9. The highest BCUT2D eigenvalue weighted by Gasteiger charge is 2.37. The van der Waals surface area contributed by atoms with Gasteiger partial charge < -0.3 is 14.5 Å². The molecule has 6 heteroatoms. The van der Waals surface area contributed by atoms with Gasteiger partial charge in [0, 0.05) is 26.1 Å². The highest BCUT2D eigenvalue weighted by atomic mass is 19.1. The van der Waals surface area contributed by atoms with Crippen LogP contribution in [0.15, 0.2) is 24.3 Å². The molecule has 0 radical (unpaired) electrons. The average Bonchev–Trinajstić information content (AvgIpc) is 3.18. The minimum Gasteiger partial charge on any atom is -0.378 e. The lowest BCUT2D eigenvalue weighted by molar-refractivity contribution is -0.146. The smallest absolute Gasteiger partial charge is 0.245 e. The van der Waals surface area contributed by atoms with E-state index in [1.807, 2.05) is 4.90 Å². The Morgan fingerprint density at radius 2 is 1.82 bits per heavy atom. The molecule has 2 atom stereocenters. The number of rotatable bonds is 6. The van der Waals surface area contributed by atoms with Crippen LogP contribution in [0.1, 0.15) is 51.0 Å². The zero-order valence-electron chi connectivity index (χ0n) is 16.9. The molecular weight excluding hydrogens is 359 g/mol. The summed E-state index contributed by atoms with van der Waals surface area (Å²) in [5, 5.41) is 0. The van der Waals surface area contributed by atoms with Gasteiger partial charge in [0.15, 0.2) is 0 Å². The maximum Gasteiger partial charge on any atom is 0.245 e. The molecule has 0 aromatic heterocycles. The van der Waals surface area contributed by atoms with Crippen LogP contribution in [0.4, 0.5) is 4.39 Å². The van der Waals surface area contributed by atoms with Gasteiger partial charge >= 0.3 is 0 Å². The molecule has 2 saturated heterocycles. The predicted octanol–water partition coefficient (Wildman–Crippen LogP) is 3.20. The first-order chi connectivity index (χ1) is 13.5. The summed E-state index contributed by atoms with van der Waals surface area (Å²) in [6.45, 7) is 7.22. The Morgan fingerprint density at radius 1 is 1.14 bits per heavy atom. The van der Waals surface area contributed by atoms with Crippen LogP contribution < -0.4 is 0 Å². The van der Waals surface area contributed by atoms with Crippen LogP contribution in [0.2, 0.25) is 0 Å². The van der Waals surface area contributed by atoms with Crippen molar-refractivity contribution in [2.45, 2.75) is 51.5 Å². The van der Waals surface area contributed by atoms with Gasteiger partial charge in [0.25, 0.3) is 0 Å². The Hall–Kier alpha value is -1.95. The monoisotopic (exact) mass is 390 g/mol. The molecule has 1 aromatic rings. The molecule has 0 bridgehead atoms. The molecule has 2 amide bonds. The quantitative estimate of drug-likeness (QED) is 0.750. The third-order valence-electron chi connectivity index (χ3n) is 5.70. The summed E-state index contributed by atoms with van der Waals surface area (Å²) in [6, 6.07) is 6.10. The van der Waals surface area contributed by atoms with Gasteiger partial charge in [0.1, 0.15) is 11.9 Å². The van der Waals surface area contributed by atoms with Gasteiger partial charge in [0.05, 0.1) is 13.2 Å². The second-order valence-electron chi connectivity index (χ2n) is 8.26. The lowest BCUT2D eigenvalue weighted by Crippen LogP contribution is -2.51. The number of halogens is 1. The maximum absolute atomic E-state index is 13.3. The number of carbonyl (C=O) groups excluding carboxylic acids is 2. The molecular formula is C22H31FN2O3. The van der Waals surface area contributed by atoms with Gasteiger partial charge in [-0.3, -0.25) is 9.59 Å². The average molecular weight is 390 g/mol. The van der Waals surface area contributed by atoms with E-state index in [-0.39, 0.29) is 29.6 Å². The fraction of sp³-hybridized carbons (Fsp3) is 0.636. The molecule has 1 unspecified atom stereocenters. The summed E-state index contributed by atoms with van der Waals surface area (Å²) < 4.78 is 18.6. The van der Waals surface area contributed by atoms with E-state index in [1.165, 1.54) is 12.1 Å². The number of nitrogens with zero attached hydrogens (tertiary/aromatic N) is 2. The third kappa shape index (κ3) is 5.10. The van der Waals surface area contributed by atoms with E-state index in [0.29, 0.717) is 45.2 Å². The van der Waals surface area contributed by atoms with E-state index >= 15 is 0 Å². The molecule has 0 N–H and O–H groups in total. The number of hydrogen-bond acceptors (Lipinski definition) is 3. The lowest BCUT2D eigenvalue weighted by Gasteiger charge is -2.33. The number of ether oxygens (including phenoxy) is 1. The Morgan fingerprint density at radius 3 is 2.46 bits per heavy atom. The van der Waals surface area contributed by atoms with Crippen molar-refractivity contribution in [3.63, 3.8) is 0 Å². The van der Waals surface area contributed by atoms with Gasteiger partial charge in [-0.1, -0.05) is 26.0 Å². The first-order valence-corrected chi connectivity index (χ1v) is 10.4. The SMILES string of the molecule is CC(C)CC(CC(=O)N1CCC[C@H]1C(=O)N1CCOCC1)c1ccc(F)cc1. The van der Waals surface area contributed by atoms with Crippen LogP contribution in [0.5, 0.6) is 0 Å². The number of carbonyl (C=O) groups is 2. The number of likely N-dealkylation sites (tertiary alicyclic amines) is 1. The van der Waals surface area contributed by atoms with E-state index in [1.54, 1.807) is 17.0 Å². The summed E-state index contributed by atoms with van der Waals surface area (Å²) in [5.41, 5.74) is 0.985. The van der Waals surface area contributed by atoms with Gasteiger partial charge in [-0.15, -0.1) is 0 Å². The van der Waals surface area contributed by atoms with Crippen molar-refractivity contribution in [1.29, 1.82) is 0 Å². The van der Waals surface area contributed by atoms with Gasteiger partial charge in [-0.05, 0) is 48.8 Å². The molecule has 0 saturated carbocycles. The summed E-state index contributed by atoms with van der Waals surface area (Å²) in [4.78, 5) is 29.6. The van der Waals surface area contributed by atoms with Gasteiger partial charge in [-0.25, -0.2) is 4.39 Å². The van der Waals surface area contributed by atoms with Crippen molar-refractivity contribution in [3.8, 4) is 0 Å². The number of hydrogen-bond donors (Lipinski definition) is 0. The van der Waals surface area contributed by atoms with Crippen molar-refractivity contribution >= 4 is 11.8 Å². The molecule has 2 aliphatic heterocycles. The molecule has 0 spiro atoms. The summed E-state index contributed by atoms with van der Waals surface area (Å²) in [7, 11) is 0.